The van der Waals surface area contributed by atoms with E-state index in [1.54, 1.807) is 28.0 Å². The van der Waals surface area contributed by atoms with Gasteiger partial charge in [0.25, 0.3) is 0 Å². The highest BCUT2D eigenvalue weighted by atomic mass is 19.1. The molecule has 0 saturated carbocycles. The summed E-state index contributed by atoms with van der Waals surface area (Å²) in [6, 6.07) is 6.48. The third-order valence-electron chi connectivity index (χ3n) is 4.58. The Morgan fingerprint density at radius 3 is 2.83 bits per heavy atom. The molecule has 5 nitrogen and oxygen atoms in total. The third-order valence-corrected chi connectivity index (χ3v) is 4.58. The van der Waals surface area contributed by atoms with Crippen molar-refractivity contribution < 1.29 is 18.7 Å². The van der Waals surface area contributed by atoms with Crippen molar-refractivity contribution in [3.63, 3.8) is 0 Å². The van der Waals surface area contributed by atoms with Crippen molar-refractivity contribution in [1.29, 1.82) is 0 Å². The lowest BCUT2D eigenvalue weighted by Crippen LogP contribution is -2.45. The van der Waals surface area contributed by atoms with Crippen LogP contribution in [0.4, 0.5) is 4.39 Å². The molecule has 3 rings (SSSR count). The maximum absolute atomic E-state index is 13.9. The van der Waals surface area contributed by atoms with Crippen LogP contribution in [0.1, 0.15) is 25.0 Å². The predicted octanol–water partition coefficient (Wildman–Crippen LogP) is 1.59. The van der Waals surface area contributed by atoms with Crippen LogP contribution < -0.4 is 0 Å². The van der Waals surface area contributed by atoms with Gasteiger partial charge in [0.1, 0.15) is 11.9 Å². The maximum atomic E-state index is 13.9. The molecule has 2 fully saturated rings. The molecular weight excluding hydrogens is 299 g/mol. The average Bonchev–Trinajstić information content (AvgIpc) is 2.95. The highest BCUT2D eigenvalue weighted by Crippen LogP contribution is 2.27. The molecular formula is C17H21FN2O3. The van der Waals surface area contributed by atoms with Gasteiger partial charge in [-0.1, -0.05) is 18.2 Å². The Hall–Kier alpha value is -1.95. The molecule has 0 unspecified atom stereocenters. The number of ether oxygens (including phenoxy) is 1. The predicted molar refractivity (Wildman–Crippen MR) is 82.0 cm³/mol. The minimum absolute atomic E-state index is 0.0288. The number of amides is 2. The van der Waals surface area contributed by atoms with Crippen LogP contribution in [0.2, 0.25) is 0 Å². The smallest absolute Gasteiger partial charge is 0.228 e. The SMILES string of the molecule is CCN1C[C@H](C(=O)N2CCO[C@@H](c3ccccc3F)C2)CC1=O. The summed E-state index contributed by atoms with van der Waals surface area (Å²) in [6.07, 6.45) is -0.178. The Kier molecular flexibility index (Phi) is 4.61. The summed E-state index contributed by atoms with van der Waals surface area (Å²) in [5, 5.41) is 0. The normalized spacial score (nSPS) is 25.0. The molecule has 0 spiro atoms. The average molecular weight is 320 g/mol. The number of benzene rings is 1. The van der Waals surface area contributed by atoms with Crippen LogP contribution in [0, 0.1) is 11.7 Å². The van der Waals surface area contributed by atoms with E-state index in [9.17, 15) is 14.0 Å². The van der Waals surface area contributed by atoms with E-state index in [-0.39, 0.29) is 30.0 Å². The van der Waals surface area contributed by atoms with E-state index in [1.807, 2.05) is 6.92 Å². The van der Waals surface area contributed by atoms with E-state index >= 15 is 0 Å². The fourth-order valence-electron chi connectivity index (χ4n) is 3.28. The Balaban J connectivity index is 1.68. The fourth-order valence-corrected chi connectivity index (χ4v) is 3.28. The van der Waals surface area contributed by atoms with Crippen LogP contribution in [0.3, 0.4) is 0 Å². The number of hydrogen-bond donors (Lipinski definition) is 0. The number of halogens is 1. The van der Waals surface area contributed by atoms with Gasteiger partial charge in [-0.25, -0.2) is 4.39 Å². The molecule has 23 heavy (non-hydrogen) atoms. The van der Waals surface area contributed by atoms with Crippen molar-refractivity contribution >= 4 is 11.8 Å². The van der Waals surface area contributed by atoms with Gasteiger partial charge in [-0.15, -0.1) is 0 Å². The molecule has 0 aromatic heterocycles. The van der Waals surface area contributed by atoms with Crippen molar-refractivity contribution in [3.8, 4) is 0 Å². The van der Waals surface area contributed by atoms with Crippen molar-refractivity contribution in [2.45, 2.75) is 19.4 Å². The fraction of sp³-hybridized carbons (Fsp3) is 0.529. The number of carbonyl (C=O) groups is 2. The number of rotatable bonds is 3. The van der Waals surface area contributed by atoms with Gasteiger partial charge in [0.05, 0.1) is 19.1 Å². The summed E-state index contributed by atoms with van der Waals surface area (Å²) in [4.78, 5) is 27.9. The Morgan fingerprint density at radius 2 is 2.13 bits per heavy atom. The van der Waals surface area contributed by atoms with Gasteiger partial charge in [-0.2, -0.15) is 0 Å². The van der Waals surface area contributed by atoms with Gasteiger partial charge in [0.2, 0.25) is 11.8 Å². The standard InChI is InChI=1S/C17H21FN2O3/c1-2-19-10-12(9-16(19)21)17(22)20-7-8-23-15(11-20)13-5-3-4-6-14(13)18/h3-6,12,15H,2,7-11H2,1H3/t12-,15-/m1/s1. The van der Waals surface area contributed by atoms with E-state index in [1.165, 1.54) is 6.07 Å². The minimum atomic E-state index is -0.451. The van der Waals surface area contributed by atoms with Crippen LogP contribution in [0.15, 0.2) is 24.3 Å². The first-order valence-corrected chi connectivity index (χ1v) is 8.02. The third kappa shape index (κ3) is 3.22. The first-order chi connectivity index (χ1) is 11.1. The molecule has 0 radical (unpaired) electrons. The quantitative estimate of drug-likeness (QED) is 0.850. The first kappa shape index (κ1) is 15.9. The zero-order valence-electron chi connectivity index (χ0n) is 13.2. The summed E-state index contributed by atoms with van der Waals surface area (Å²) in [5.41, 5.74) is 0.475. The van der Waals surface area contributed by atoms with Crippen molar-refractivity contribution in [1.82, 2.24) is 9.80 Å². The molecule has 2 aliphatic heterocycles. The van der Waals surface area contributed by atoms with Crippen LogP contribution in [-0.4, -0.2) is 54.4 Å². The molecule has 6 heteroatoms. The van der Waals surface area contributed by atoms with Gasteiger partial charge < -0.3 is 14.5 Å². The van der Waals surface area contributed by atoms with E-state index in [0.29, 0.717) is 38.3 Å². The lowest BCUT2D eigenvalue weighted by atomic mass is 10.0. The minimum Gasteiger partial charge on any atom is -0.370 e. The molecule has 2 saturated heterocycles. The number of carbonyl (C=O) groups excluding carboxylic acids is 2. The van der Waals surface area contributed by atoms with Gasteiger partial charge in [-0.05, 0) is 13.0 Å². The second kappa shape index (κ2) is 6.66. The van der Waals surface area contributed by atoms with Crippen molar-refractivity contribution in [2.75, 3.05) is 32.8 Å². The molecule has 2 aliphatic rings. The van der Waals surface area contributed by atoms with Crippen molar-refractivity contribution in [2.24, 2.45) is 5.92 Å². The molecule has 1 aromatic carbocycles. The lowest BCUT2D eigenvalue weighted by Gasteiger charge is -2.34. The van der Waals surface area contributed by atoms with E-state index in [2.05, 4.69) is 0 Å². The number of likely N-dealkylation sites (tertiary alicyclic amines) is 1. The van der Waals surface area contributed by atoms with Gasteiger partial charge in [0.15, 0.2) is 0 Å². The Bertz CT molecular complexity index is 607. The topological polar surface area (TPSA) is 49.9 Å². The monoisotopic (exact) mass is 320 g/mol. The lowest BCUT2D eigenvalue weighted by molar-refractivity contribution is -0.143. The summed E-state index contributed by atoms with van der Waals surface area (Å²) in [7, 11) is 0. The van der Waals surface area contributed by atoms with Gasteiger partial charge in [0, 0.05) is 31.6 Å². The highest BCUT2D eigenvalue weighted by molar-refractivity contribution is 5.89. The summed E-state index contributed by atoms with van der Waals surface area (Å²) in [5.74, 6) is -0.606. The van der Waals surface area contributed by atoms with Crippen LogP contribution in [-0.2, 0) is 14.3 Å². The molecule has 2 amide bonds. The Morgan fingerprint density at radius 1 is 1.35 bits per heavy atom. The van der Waals surface area contributed by atoms with Gasteiger partial charge >= 0.3 is 0 Å². The molecule has 2 atom stereocenters. The number of hydrogen-bond acceptors (Lipinski definition) is 3. The van der Waals surface area contributed by atoms with Crippen LogP contribution >= 0.6 is 0 Å². The van der Waals surface area contributed by atoms with Crippen molar-refractivity contribution in [3.05, 3.63) is 35.6 Å². The number of morpholine rings is 1. The second-order valence-corrected chi connectivity index (χ2v) is 6.00. The summed E-state index contributed by atoms with van der Waals surface area (Å²) in [6.45, 7) is 4.22. The summed E-state index contributed by atoms with van der Waals surface area (Å²) >= 11 is 0. The zero-order valence-corrected chi connectivity index (χ0v) is 13.2. The molecule has 0 N–H and O–H groups in total. The highest BCUT2D eigenvalue weighted by Gasteiger charge is 2.37. The van der Waals surface area contributed by atoms with E-state index < -0.39 is 6.10 Å². The Labute approximate surface area is 135 Å². The molecule has 124 valence electrons. The van der Waals surface area contributed by atoms with E-state index in [0.717, 1.165) is 0 Å². The first-order valence-electron chi connectivity index (χ1n) is 8.02. The molecule has 1 aromatic rings. The van der Waals surface area contributed by atoms with Crippen LogP contribution in [0.5, 0.6) is 0 Å². The van der Waals surface area contributed by atoms with Gasteiger partial charge in [-0.3, -0.25) is 9.59 Å². The molecule has 2 heterocycles. The molecule has 0 bridgehead atoms. The van der Waals surface area contributed by atoms with Crippen LogP contribution in [0.25, 0.3) is 0 Å². The zero-order chi connectivity index (χ0) is 16.4. The summed E-state index contributed by atoms with van der Waals surface area (Å²) < 4.78 is 19.6. The van der Waals surface area contributed by atoms with E-state index in [4.69, 9.17) is 4.74 Å². The second-order valence-electron chi connectivity index (χ2n) is 6.00. The maximum Gasteiger partial charge on any atom is 0.228 e. The molecule has 0 aliphatic carbocycles. The largest absolute Gasteiger partial charge is 0.370 e. The number of nitrogens with zero attached hydrogens (tertiary/aromatic N) is 2.